The van der Waals surface area contributed by atoms with Gasteiger partial charge < -0.3 is 9.51 Å². The number of carboxylic acids is 1. The Morgan fingerprint density at radius 2 is 1.57 bits per heavy atom. The van der Waals surface area contributed by atoms with E-state index in [1.807, 2.05) is 0 Å². The summed E-state index contributed by atoms with van der Waals surface area (Å²) >= 11 is 5.82. The summed E-state index contributed by atoms with van der Waals surface area (Å²) in [6, 6.07) is 13.2. The Labute approximate surface area is 173 Å². The van der Waals surface area contributed by atoms with E-state index in [4.69, 9.17) is 11.6 Å². The number of carbonyl (C=O) groups excluding carboxylic acids is 1. The highest BCUT2D eigenvalue weighted by molar-refractivity contribution is 6.30. The fraction of sp³-hybridized carbons (Fsp3) is 0.0909. The van der Waals surface area contributed by atoms with Crippen LogP contribution in [0.4, 0.5) is 13.2 Å². The highest BCUT2D eigenvalue weighted by Crippen LogP contribution is 2.39. The molecule has 8 heteroatoms. The molecule has 0 aliphatic rings. The second-order valence-corrected chi connectivity index (χ2v) is 7.29. The molecule has 30 heavy (non-hydrogen) atoms. The summed E-state index contributed by atoms with van der Waals surface area (Å²) in [5, 5.41) is 10.5. The fourth-order valence-electron chi connectivity index (χ4n) is 3.63. The van der Waals surface area contributed by atoms with Gasteiger partial charge in [0.25, 0.3) is 0 Å². The number of nitrogens with zero attached hydrogens (tertiary/aromatic N) is 1. The van der Waals surface area contributed by atoms with Gasteiger partial charge in [-0.3, -0.25) is 4.79 Å². The Morgan fingerprint density at radius 3 is 2.17 bits per heavy atom. The minimum absolute atomic E-state index is 0.0344. The summed E-state index contributed by atoms with van der Waals surface area (Å²) in [5.41, 5.74) is -2.09. The van der Waals surface area contributed by atoms with E-state index in [0.717, 1.165) is 9.96 Å². The third-order valence-electron chi connectivity index (χ3n) is 4.87. The quantitative estimate of drug-likeness (QED) is 0.404. The van der Waals surface area contributed by atoms with Crippen molar-refractivity contribution in [2.75, 3.05) is 0 Å². The lowest BCUT2D eigenvalue weighted by Gasteiger charge is -2.11. The highest BCUT2D eigenvalue weighted by Gasteiger charge is 2.43. The van der Waals surface area contributed by atoms with E-state index in [9.17, 15) is 27.9 Å². The molecule has 1 N–H and O–H groups in total. The molecule has 0 saturated carbocycles. The molecule has 2 aromatic carbocycles. The van der Waals surface area contributed by atoms with Gasteiger partial charge in [-0.25, -0.2) is 4.79 Å². The maximum Gasteiger partial charge on any atom is 0.432 e. The minimum atomic E-state index is -5.01. The van der Waals surface area contributed by atoms with Crippen molar-refractivity contribution < 1.29 is 27.9 Å². The van der Waals surface area contributed by atoms with Crippen molar-refractivity contribution in [2.45, 2.75) is 13.1 Å². The van der Waals surface area contributed by atoms with Crippen LogP contribution < -0.4 is 0 Å². The molecule has 2 aromatic heterocycles. The third-order valence-corrected chi connectivity index (χ3v) is 5.12. The van der Waals surface area contributed by atoms with Gasteiger partial charge in [-0.1, -0.05) is 29.3 Å². The summed E-state index contributed by atoms with van der Waals surface area (Å²) in [7, 11) is 0. The lowest BCUT2D eigenvalue weighted by atomic mass is 9.99. The van der Waals surface area contributed by atoms with E-state index in [0.29, 0.717) is 10.4 Å². The van der Waals surface area contributed by atoms with Gasteiger partial charge in [-0.05, 0) is 54.8 Å². The second kappa shape index (κ2) is 6.88. The van der Waals surface area contributed by atoms with E-state index in [2.05, 4.69) is 0 Å². The van der Waals surface area contributed by atoms with Gasteiger partial charge in [-0.2, -0.15) is 13.2 Å². The molecule has 0 radical (unpaired) electrons. The SMILES string of the molecule is Cc1ccc2c(ccc3c(C(=O)c4ccc(Cl)cc4)c(C(=O)O)c(C(F)(F)F)n32)c1. The zero-order chi connectivity index (χ0) is 21.8. The van der Waals surface area contributed by atoms with Gasteiger partial charge in [0.15, 0.2) is 5.78 Å². The number of hydrogen-bond donors (Lipinski definition) is 1. The molecule has 0 bridgehead atoms. The minimum Gasteiger partial charge on any atom is -0.478 e. The van der Waals surface area contributed by atoms with Crippen LogP contribution in [0.3, 0.4) is 0 Å². The molecule has 4 nitrogen and oxygen atoms in total. The van der Waals surface area contributed by atoms with Crippen LogP contribution in [0.1, 0.15) is 37.5 Å². The number of aromatic nitrogens is 1. The van der Waals surface area contributed by atoms with E-state index < -0.39 is 34.7 Å². The van der Waals surface area contributed by atoms with Gasteiger partial charge >= 0.3 is 12.1 Å². The number of aromatic carboxylic acids is 1. The van der Waals surface area contributed by atoms with Crippen molar-refractivity contribution in [1.29, 1.82) is 0 Å². The standard InChI is InChI=1S/C22H13ClF3NO3/c1-11-2-8-15-13(10-11)5-9-16-17(19(28)12-3-6-14(23)7-4-12)18(21(29)30)20(27(15)16)22(24,25)26/h2-10H,1H3,(H,29,30). The number of halogens is 4. The van der Waals surface area contributed by atoms with Gasteiger partial charge in [-0.15, -0.1) is 0 Å². The number of benzene rings is 2. The van der Waals surface area contributed by atoms with Crippen molar-refractivity contribution in [3.05, 3.63) is 87.6 Å². The number of pyridine rings is 1. The zero-order valence-electron chi connectivity index (χ0n) is 15.4. The van der Waals surface area contributed by atoms with E-state index >= 15 is 0 Å². The molecule has 0 atom stereocenters. The number of alkyl halides is 3. The summed E-state index contributed by atoms with van der Waals surface area (Å²) < 4.78 is 43.0. The molecule has 4 rings (SSSR count). The van der Waals surface area contributed by atoms with Crippen LogP contribution in [-0.4, -0.2) is 21.3 Å². The molecular formula is C22H13ClF3NO3. The average molecular weight is 432 g/mol. The maximum absolute atomic E-state index is 14.1. The van der Waals surface area contributed by atoms with Crippen LogP contribution >= 0.6 is 11.6 Å². The van der Waals surface area contributed by atoms with Crippen LogP contribution in [-0.2, 0) is 6.18 Å². The average Bonchev–Trinajstić information content (AvgIpc) is 3.04. The summed E-state index contributed by atoms with van der Waals surface area (Å²) in [6.45, 7) is 1.79. The first-order valence-electron chi connectivity index (χ1n) is 8.78. The number of fused-ring (bicyclic) bond motifs is 3. The molecule has 152 valence electrons. The predicted octanol–water partition coefficient (Wildman–Crippen LogP) is 6.00. The summed E-state index contributed by atoms with van der Waals surface area (Å²) in [6.07, 6.45) is -5.01. The Kier molecular flexibility index (Phi) is 4.58. The van der Waals surface area contributed by atoms with Gasteiger partial charge in [0.2, 0.25) is 0 Å². The van der Waals surface area contributed by atoms with Gasteiger partial charge in [0.1, 0.15) is 11.3 Å². The van der Waals surface area contributed by atoms with Crippen molar-refractivity contribution >= 4 is 39.8 Å². The smallest absolute Gasteiger partial charge is 0.432 e. The summed E-state index contributed by atoms with van der Waals surface area (Å²) in [4.78, 5) is 25.1. The molecule has 0 saturated heterocycles. The Balaban J connectivity index is 2.18. The second-order valence-electron chi connectivity index (χ2n) is 6.85. The van der Waals surface area contributed by atoms with Crippen LogP contribution in [0.5, 0.6) is 0 Å². The fourth-order valence-corrected chi connectivity index (χ4v) is 3.76. The van der Waals surface area contributed by atoms with Crippen LogP contribution in [0.2, 0.25) is 5.02 Å². The normalized spacial score (nSPS) is 11.9. The topological polar surface area (TPSA) is 58.8 Å². The number of rotatable bonds is 3. The van der Waals surface area contributed by atoms with Crippen molar-refractivity contribution in [2.24, 2.45) is 0 Å². The first-order chi connectivity index (χ1) is 14.1. The van der Waals surface area contributed by atoms with Gasteiger partial charge in [0, 0.05) is 10.6 Å². The maximum atomic E-state index is 14.1. The molecule has 0 spiro atoms. The Bertz CT molecular complexity index is 1340. The van der Waals surface area contributed by atoms with E-state index in [1.165, 1.54) is 36.4 Å². The lowest BCUT2D eigenvalue weighted by molar-refractivity contribution is -0.142. The number of carbonyl (C=O) groups is 2. The highest BCUT2D eigenvalue weighted by atomic mass is 35.5. The van der Waals surface area contributed by atoms with Crippen LogP contribution in [0.25, 0.3) is 16.4 Å². The molecule has 0 aliphatic heterocycles. The number of aryl methyl sites for hydroxylation is 1. The van der Waals surface area contributed by atoms with Crippen molar-refractivity contribution in [3.63, 3.8) is 0 Å². The van der Waals surface area contributed by atoms with Crippen LogP contribution in [0.15, 0.2) is 54.6 Å². The monoisotopic (exact) mass is 431 g/mol. The van der Waals surface area contributed by atoms with E-state index in [-0.39, 0.29) is 16.6 Å². The molecule has 0 fully saturated rings. The molecule has 2 heterocycles. The molecule has 4 aromatic rings. The van der Waals surface area contributed by atoms with E-state index in [1.54, 1.807) is 25.1 Å². The Morgan fingerprint density at radius 1 is 0.933 bits per heavy atom. The molecule has 0 amide bonds. The Hall–Kier alpha value is -3.32. The van der Waals surface area contributed by atoms with Crippen molar-refractivity contribution in [1.82, 2.24) is 4.40 Å². The first-order valence-corrected chi connectivity index (χ1v) is 9.16. The molecule has 0 aliphatic carbocycles. The first kappa shape index (κ1) is 20.0. The van der Waals surface area contributed by atoms with Gasteiger partial charge in [0.05, 0.1) is 16.6 Å². The van der Waals surface area contributed by atoms with Crippen LogP contribution in [0, 0.1) is 6.92 Å². The molecular weight excluding hydrogens is 419 g/mol. The number of ketones is 1. The zero-order valence-corrected chi connectivity index (χ0v) is 16.2. The number of hydrogen-bond acceptors (Lipinski definition) is 2. The predicted molar refractivity (Wildman–Crippen MR) is 106 cm³/mol. The molecule has 0 unspecified atom stereocenters. The third kappa shape index (κ3) is 3.11. The van der Waals surface area contributed by atoms with Crippen molar-refractivity contribution in [3.8, 4) is 0 Å². The largest absolute Gasteiger partial charge is 0.478 e. The summed E-state index contributed by atoms with van der Waals surface area (Å²) in [5.74, 6) is -2.66. The lowest BCUT2D eigenvalue weighted by Crippen LogP contribution is -2.16. The number of carboxylic acid groups (broad SMARTS) is 1.